The van der Waals surface area contributed by atoms with E-state index in [1.165, 1.54) is 4.90 Å². The van der Waals surface area contributed by atoms with Gasteiger partial charge in [-0.05, 0) is 56.2 Å². The fraction of sp³-hybridized carbons (Fsp3) is 0.200. The number of hydrogen-bond donors (Lipinski definition) is 3. The first-order valence-corrected chi connectivity index (χ1v) is 12.6. The van der Waals surface area contributed by atoms with E-state index in [1.54, 1.807) is 67.6 Å². The average molecular weight is 655 g/mol. The highest BCUT2D eigenvalue weighted by atomic mass is 127. The molecule has 0 atom stereocenters. The number of nitrogens with one attached hydrogen (secondary N) is 2. The van der Waals surface area contributed by atoms with Crippen molar-refractivity contribution in [1.29, 1.82) is 5.41 Å². The Morgan fingerprint density at radius 1 is 1.00 bits per heavy atom. The minimum absolute atomic E-state index is 0. The van der Waals surface area contributed by atoms with Crippen LogP contribution in [0, 0.1) is 12.3 Å². The van der Waals surface area contributed by atoms with Crippen LogP contribution >= 0.6 is 24.0 Å². The molecule has 0 aliphatic carbocycles. The lowest BCUT2D eigenvalue weighted by Gasteiger charge is -2.21. The molecule has 10 heteroatoms. The molecule has 9 nitrogen and oxygen atoms in total. The van der Waals surface area contributed by atoms with Gasteiger partial charge in [0.05, 0.1) is 6.61 Å². The summed E-state index contributed by atoms with van der Waals surface area (Å²) in [7, 11) is 0. The van der Waals surface area contributed by atoms with Gasteiger partial charge in [0.15, 0.2) is 5.78 Å². The number of carbonyl (C=O) groups excluding carboxylic acids is 3. The molecule has 4 rings (SSSR count). The van der Waals surface area contributed by atoms with Crippen LogP contribution in [0.2, 0.25) is 0 Å². The molecule has 208 valence electrons. The van der Waals surface area contributed by atoms with Gasteiger partial charge < -0.3 is 20.2 Å². The largest absolute Gasteiger partial charge is 0.465 e. The number of amidine groups is 1. The Bertz CT molecular complexity index is 1520. The number of Topliss-reactive ketones (excluding diaryl/α,β-unsaturated/α-hetero) is 1. The highest BCUT2D eigenvalue weighted by Crippen LogP contribution is 2.28. The molecule has 4 N–H and O–H groups in total. The molecule has 0 aliphatic rings. The van der Waals surface area contributed by atoms with Crippen LogP contribution in [0.5, 0.6) is 5.75 Å². The summed E-state index contributed by atoms with van der Waals surface area (Å²) in [6.45, 7) is 3.41. The van der Waals surface area contributed by atoms with Crippen LogP contribution < -0.4 is 15.4 Å². The van der Waals surface area contributed by atoms with Gasteiger partial charge in [0.2, 0.25) is 0 Å². The summed E-state index contributed by atoms with van der Waals surface area (Å²) in [6, 6.07) is 21.0. The maximum absolute atomic E-state index is 13.3. The van der Waals surface area contributed by atoms with Crippen molar-refractivity contribution in [3.63, 3.8) is 0 Å². The number of benzene rings is 3. The van der Waals surface area contributed by atoms with Crippen molar-refractivity contribution < 1.29 is 23.9 Å². The first-order valence-electron chi connectivity index (χ1n) is 12.6. The van der Waals surface area contributed by atoms with E-state index in [0.29, 0.717) is 28.6 Å². The number of para-hydroxylation sites is 1. The molecule has 0 radical (unpaired) electrons. The van der Waals surface area contributed by atoms with Crippen molar-refractivity contribution in [3.8, 4) is 5.75 Å². The number of aromatic amines is 1. The Morgan fingerprint density at radius 3 is 2.35 bits per heavy atom. The number of anilines is 1. The molecule has 4 aromatic rings. The van der Waals surface area contributed by atoms with Gasteiger partial charge in [0, 0.05) is 39.8 Å². The molecule has 1 heterocycles. The van der Waals surface area contributed by atoms with Gasteiger partial charge >= 0.3 is 12.1 Å². The minimum atomic E-state index is -0.747. The number of ketones is 1. The van der Waals surface area contributed by atoms with Crippen molar-refractivity contribution in [2.24, 2.45) is 5.73 Å². The monoisotopic (exact) mass is 654 g/mol. The van der Waals surface area contributed by atoms with Crippen LogP contribution in [0.25, 0.3) is 10.9 Å². The fourth-order valence-corrected chi connectivity index (χ4v) is 4.32. The number of aromatic nitrogens is 1. The number of hydrogen-bond acceptors (Lipinski definition) is 6. The number of fused-ring (bicyclic) bond motifs is 1. The van der Waals surface area contributed by atoms with Crippen molar-refractivity contribution in [1.82, 2.24) is 4.98 Å². The number of H-pyrrole nitrogens is 1. The highest BCUT2D eigenvalue weighted by Gasteiger charge is 2.23. The summed E-state index contributed by atoms with van der Waals surface area (Å²) in [6.07, 6.45) is 0.0544. The van der Waals surface area contributed by atoms with Crippen molar-refractivity contribution in [2.75, 3.05) is 18.1 Å². The molecule has 40 heavy (non-hydrogen) atoms. The SMILES string of the molecule is CCOC(=O)CN(C(=O)Oc1ccc2[nH]c(C)c(C(=O)CCc3ccc(C(=N)N)cc3)c2c1)c1ccccc1.I. The minimum Gasteiger partial charge on any atom is -0.465 e. The Morgan fingerprint density at radius 2 is 1.70 bits per heavy atom. The first-order chi connectivity index (χ1) is 18.8. The van der Waals surface area contributed by atoms with E-state index in [1.807, 2.05) is 19.1 Å². The number of aryl methyl sites for hydroxylation is 2. The number of amides is 1. The smallest absolute Gasteiger partial charge is 0.420 e. The molecule has 3 aromatic carbocycles. The first kappa shape index (κ1) is 30.4. The molecule has 0 saturated carbocycles. The quantitative estimate of drug-likeness (QED) is 0.0654. The molecular formula is C30H31IN4O5. The van der Waals surface area contributed by atoms with Crippen molar-refractivity contribution >= 4 is 64.2 Å². The lowest BCUT2D eigenvalue weighted by molar-refractivity contribution is -0.141. The molecular weight excluding hydrogens is 623 g/mol. The second kappa shape index (κ2) is 13.7. The third-order valence-electron chi connectivity index (χ3n) is 6.23. The number of nitrogens with zero attached hydrogens (tertiary/aromatic N) is 1. The van der Waals surface area contributed by atoms with E-state index >= 15 is 0 Å². The van der Waals surface area contributed by atoms with E-state index < -0.39 is 12.1 Å². The number of halogens is 1. The predicted molar refractivity (Wildman–Crippen MR) is 165 cm³/mol. The van der Waals surface area contributed by atoms with Crippen molar-refractivity contribution in [3.05, 3.63) is 95.2 Å². The van der Waals surface area contributed by atoms with E-state index in [2.05, 4.69) is 4.98 Å². The van der Waals surface area contributed by atoms with E-state index in [9.17, 15) is 14.4 Å². The van der Waals surface area contributed by atoms with Crippen LogP contribution in [-0.4, -0.2) is 41.8 Å². The Balaban J connectivity index is 0.00000441. The summed E-state index contributed by atoms with van der Waals surface area (Å²) in [4.78, 5) is 43.0. The van der Waals surface area contributed by atoms with Gasteiger partial charge in [-0.1, -0.05) is 42.5 Å². The molecule has 0 fully saturated rings. The maximum atomic E-state index is 13.3. The van der Waals surface area contributed by atoms with Crippen molar-refractivity contribution in [2.45, 2.75) is 26.7 Å². The maximum Gasteiger partial charge on any atom is 0.420 e. The standard InChI is InChI=1S/C30H30N4O5.HI/c1-3-38-27(36)18-34(22-7-5-4-6-8-22)30(37)39-23-14-15-25-24(17-23)28(19(2)33-25)26(35)16-11-20-9-12-21(13-10-20)29(31)32;/h4-10,12-15,17,33H,3,11,16,18H2,1-2H3,(H3,31,32);1H. The number of rotatable bonds is 10. The van der Waals surface area contributed by atoms with Crippen LogP contribution in [0.1, 0.15) is 40.5 Å². The number of nitrogen functional groups attached to an aromatic ring is 1. The topological polar surface area (TPSA) is 139 Å². The van der Waals surface area contributed by atoms with E-state index in [4.69, 9.17) is 20.6 Å². The summed E-state index contributed by atoms with van der Waals surface area (Å²) in [5, 5.41) is 8.15. The summed E-state index contributed by atoms with van der Waals surface area (Å²) in [5.74, 6) is -0.369. The summed E-state index contributed by atoms with van der Waals surface area (Å²) >= 11 is 0. The second-order valence-electron chi connectivity index (χ2n) is 8.96. The van der Waals surface area contributed by atoms with Gasteiger partial charge in [0.1, 0.15) is 18.1 Å². The normalized spacial score (nSPS) is 10.4. The third-order valence-corrected chi connectivity index (χ3v) is 6.23. The average Bonchev–Trinajstić information content (AvgIpc) is 3.26. The molecule has 0 unspecified atom stereocenters. The number of carbonyl (C=O) groups is 3. The summed E-state index contributed by atoms with van der Waals surface area (Å²) < 4.78 is 10.7. The molecule has 0 spiro atoms. The number of ether oxygens (including phenoxy) is 2. The van der Waals surface area contributed by atoms with E-state index in [-0.39, 0.29) is 60.9 Å². The third kappa shape index (κ3) is 7.26. The number of esters is 1. The lowest BCUT2D eigenvalue weighted by Crippen LogP contribution is -2.38. The number of nitrogens with two attached hydrogens (primary N) is 1. The van der Waals surface area contributed by atoms with Crippen LogP contribution in [0.3, 0.4) is 0 Å². The Labute approximate surface area is 249 Å². The van der Waals surface area contributed by atoms with Gasteiger partial charge in [-0.25, -0.2) is 4.79 Å². The van der Waals surface area contributed by atoms with Crippen LogP contribution in [-0.2, 0) is 16.0 Å². The Hall–Kier alpha value is -4.19. The zero-order valence-corrected chi connectivity index (χ0v) is 24.6. The van der Waals surface area contributed by atoms with Gasteiger partial charge in [0.25, 0.3) is 0 Å². The van der Waals surface area contributed by atoms with Gasteiger partial charge in [-0.3, -0.25) is 19.9 Å². The lowest BCUT2D eigenvalue weighted by atomic mass is 9.99. The second-order valence-corrected chi connectivity index (χ2v) is 8.96. The Kier molecular flexibility index (Phi) is 10.4. The molecule has 0 aliphatic heterocycles. The predicted octanol–water partition coefficient (Wildman–Crippen LogP) is 5.76. The fourth-order valence-electron chi connectivity index (χ4n) is 4.32. The molecule has 0 saturated heterocycles. The molecule has 0 bridgehead atoms. The molecule has 1 aromatic heterocycles. The molecule has 1 amide bonds. The van der Waals surface area contributed by atoms with Crippen LogP contribution in [0.4, 0.5) is 10.5 Å². The van der Waals surface area contributed by atoms with E-state index in [0.717, 1.165) is 16.8 Å². The summed E-state index contributed by atoms with van der Waals surface area (Å²) in [5.41, 5.74) is 9.59. The zero-order chi connectivity index (χ0) is 27.9. The highest BCUT2D eigenvalue weighted by molar-refractivity contribution is 14.0. The zero-order valence-electron chi connectivity index (χ0n) is 22.2. The van der Waals surface area contributed by atoms with Crippen LogP contribution in [0.15, 0.2) is 72.8 Å². The van der Waals surface area contributed by atoms with Gasteiger partial charge in [-0.15, -0.1) is 24.0 Å². The van der Waals surface area contributed by atoms with Gasteiger partial charge in [-0.2, -0.15) is 0 Å².